The number of aryl methyl sites for hydroxylation is 2. The van der Waals surface area contributed by atoms with Gasteiger partial charge in [-0.3, -0.25) is 4.79 Å². The Morgan fingerprint density at radius 1 is 1.33 bits per heavy atom. The average Bonchev–Trinajstić information content (AvgIpc) is 2.82. The van der Waals surface area contributed by atoms with Gasteiger partial charge in [-0.15, -0.1) is 0 Å². The maximum atomic E-state index is 12.0. The number of aliphatic carboxylic acids is 1. The highest BCUT2D eigenvalue weighted by Crippen LogP contribution is 2.27. The molecule has 7 heteroatoms. The number of hydrogen-bond acceptors (Lipinski definition) is 3. The first-order valence-corrected chi connectivity index (χ1v) is 7.32. The highest BCUT2D eigenvalue weighted by molar-refractivity contribution is 9.10. The standard InChI is InChI=1S/C14H17BrN2O4/c1-7-3-8(2)12(10(15)4-7)17-14(20)16-11-6-21-5-9(11)13(18)19/h3-4,9,11H,5-6H2,1-2H3,(H,18,19)(H2,16,17,20). The molecule has 0 spiro atoms. The molecular weight excluding hydrogens is 340 g/mol. The van der Waals surface area contributed by atoms with Crippen molar-refractivity contribution in [3.8, 4) is 0 Å². The minimum atomic E-state index is -0.967. The molecule has 0 radical (unpaired) electrons. The Hall–Kier alpha value is -1.60. The number of carbonyl (C=O) groups is 2. The van der Waals surface area contributed by atoms with E-state index in [4.69, 9.17) is 9.84 Å². The van der Waals surface area contributed by atoms with Crippen LogP contribution < -0.4 is 10.6 Å². The third-order valence-electron chi connectivity index (χ3n) is 3.38. The molecule has 2 unspecified atom stereocenters. The highest BCUT2D eigenvalue weighted by atomic mass is 79.9. The van der Waals surface area contributed by atoms with Crippen molar-refractivity contribution in [3.63, 3.8) is 0 Å². The molecule has 2 amide bonds. The number of anilines is 1. The summed E-state index contributed by atoms with van der Waals surface area (Å²) in [6.07, 6.45) is 0. The first-order chi connectivity index (χ1) is 9.88. The van der Waals surface area contributed by atoms with Crippen LogP contribution in [0.2, 0.25) is 0 Å². The van der Waals surface area contributed by atoms with Gasteiger partial charge in [-0.05, 0) is 47.0 Å². The zero-order valence-corrected chi connectivity index (χ0v) is 13.4. The lowest BCUT2D eigenvalue weighted by Gasteiger charge is -2.18. The van der Waals surface area contributed by atoms with E-state index in [0.717, 1.165) is 15.6 Å². The molecule has 1 saturated heterocycles. The van der Waals surface area contributed by atoms with E-state index in [9.17, 15) is 9.59 Å². The normalized spacial score (nSPS) is 21.1. The number of urea groups is 1. The van der Waals surface area contributed by atoms with Crippen LogP contribution in [0.15, 0.2) is 16.6 Å². The first-order valence-electron chi connectivity index (χ1n) is 6.53. The zero-order chi connectivity index (χ0) is 15.6. The van der Waals surface area contributed by atoms with Gasteiger partial charge in [0.1, 0.15) is 5.92 Å². The molecule has 0 aromatic heterocycles. The molecule has 3 N–H and O–H groups in total. The summed E-state index contributed by atoms with van der Waals surface area (Å²) in [4.78, 5) is 23.1. The van der Waals surface area contributed by atoms with Gasteiger partial charge in [-0.25, -0.2) is 4.79 Å². The molecule has 2 rings (SSSR count). The Balaban J connectivity index is 2.04. The molecule has 1 aromatic carbocycles. The van der Waals surface area contributed by atoms with Gasteiger partial charge in [0.2, 0.25) is 0 Å². The van der Waals surface area contributed by atoms with Crippen LogP contribution in [0.3, 0.4) is 0 Å². The largest absolute Gasteiger partial charge is 0.481 e. The second kappa shape index (κ2) is 6.44. The fraction of sp³-hybridized carbons (Fsp3) is 0.429. The molecule has 1 aliphatic heterocycles. The number of carboxylic acids is 1. The molecule has 1 heterocycles. The Morgan fingerprint density at radius 2 is 2.05 bits per heavy atom. The van der Waals surface area contributed by atoms with Crippen LogP contribution in [0.4, 0.5) is 10.5 Å². The maximum absolute atomic E-state index is 12.0. The summed E-state index contributed by atoms with van der Waals surface area (Å²) in [7, 11) is 0. The summed E-state index contributed by atoms with van der Waals surface area (Å²) in [5, 5.41) is 14.4. The van der Waals surface area contributed by atoms with Crippen LogP contribution in [-0.4, -0.2) is 36.4 Å². The number of hydrogen-bond donors (Lipinski definition) is 3. The van der Waals surface area contributed by atoms with Gasteiger partial charge >= 0.3 is 12.0 Å². The molecule has 21 heavy (non-hydrogen) atoms. The predicted molar refractivity (Wildman–Crippen MR) is 81.5 cm³/mol. The first kappa shape index (κ1) is 15.8. The van der Waals surface area contributed by atoms with Crippen molar-refractivity contribution in [2.75, 3.05) is 18.5 Å². The van der Waals surface area contributed by atoms with Crippen LogP contribution in [-0.2, 0) is 9.53 Å². The van der Waals surface area contributed by atoms with Gasteiger partial charge in [-0.1, -0.05) is 6.07 Å². The summed E-state index contributed by atoms with van der Waals surface area (Å²) in [6.45, 7) is 4.19. The minimum Gasteiger partial charge on any atom is -0.481 e. The lowest BCUT2D eigenvalue weighted by atomic mass is 10.0. The molecule has 2 atom stereocenters. The third kappa shape index (κ3) is 3.74. The van der Waals surface area contributed by atoms with Crippen molar-refractivity contribution in [1.29, 1.82) is 0 Å². The number of nitrogens with one attached hydrogen (secondary N) is 2. The van der Waals surface area contributed by atoms with Crippen LogP contribution in [0.5, 0.6) is 0 Å². The number of carbonyl (C=O) groups excluding carboxylic acids is 1. The molecular formula is C14H17BrN2O4. The fourth-order valence-corrected chi connectivity index (χ4v) is 3.10. The van der Waals surface area contributed by atoms with E-state index in [2.05, 4.69) is 26.6 Å². The van der Waals surface area contributed by atoms with Crippen molar-refractivity contribution < 1.29 is 19.4 Å². The van der Waals surface area contributed by atoms with Crippen molar-refractivity contribution in [2.24, 2.45) is 5.92 Å². The van der Waals surface area contributed by atoms with Crippen molar-refractivity contribution in [1.82, 2.24) is 5.32 Å². The van der Waals surface area contributed by atoms with Gasteiger partial charge in [0.15, 0.2) is 0 Å². The summed E-state index contributed by atoms with van der Waals surface area (Å²) in [6, 6.07) is 2.90. The molecule has 114 valence electrons. The van der Waals surface area contributed by atoms with Gasteiger partial charge in [0.05, 0.1) is 24.9 Å². The highest BCUT2D eigenvalue weighted by Gasteiger charge is 2.35. The van der Waals surface area contributed by atoms with Gasteiger partial charge in [-0.2, -0.15) is 0 Å². The molecule has 1 aliphatic rings. The number of halogens is 1. The van der Waals surface area contributed by atoms with Crippen LogP contribution in [0.25, 0.3) is 0 Å². The number of ether oxygens (including phenoxy) is 1. The number of carboxylic acid groups (broad SMARTS) is 1. The smallest absolute Gasteiger partial charge is 0.319 e. The van der Waals surface area contributed by atoms with E-state index >= 15 is 0 Å². The predicted octanol–water partition coefficient (Wildman–Crippen LogP) is 2.29. The van der Waals surface area contributed by atoms with Crippen LogP contribution in [0.1, 0.15) is 11.1 Å². The second-order valence-electron chi connectivity index (χ2n) is 5.13. The Bertz CT molecular complexity index is 553. The Labute approximate surface area is 131 Å². The molecule has 0 saturated carbocycles. The summed E-state index contributed by atoms with van der Waals surface area (Å²) < 4.78 is 5.90. The summed E-state index contributed by atoms with van der Waals surface area (Å²) in [5.74, 6) is -1.68. The van der Waals surface area contributed by atoms with Crippen LogP contribution >= 0.6 is 15.9 Å². The molecule has 0 bridgehead atoms. The van der Waals surface area contributed by atoms with Crippen molar-refractivity contribution >= 4 is 33.6 Å². The Morgan fingerprint density at radius 3 is 2.67 bits per heavy atom. The summed E-state index contributed by atoms with van der Waals surface area (Å²) >= 11 is 3.41. The fourth-order valence-electron chi connectivity index (χ4n) is 2.33. The lowest BCUT2D eigenvalue weighted by Crippen LogP contribution is -2.44. The van der Waals surface area contributed by atoms with E-state index in [1.165, 1.54) is 0 Å². The second-order valence-corrected chi connectivity index (χ2v) is 5.98. The van der Waals surface area contributed by atoms with E-state index in [0.29, 0.717) is 5.69 Å². The molecule has 1 aromatic rings. The third-order valence-corrected chi connectivity index (χ3v) is 4.01. The number of amides is 2. The molecule has 0 aliphatic carbocycles. The monoisotopic (exact) mass is 356 g/mol. The molecule has 1 fully saturated rings. The Kier molecular flexibility index (Phi) is 4.84. The van der Waals surface area contributed by atoms with E-state index in [1.807, 2.05) is 26.0 Å². The average molecular weight is 357 g/mol. The van der Waals surface area contributed by atoms with E-state index in [-0.39, 0.29) is 13.2 Å². The lowest BCUT2D eigenvalue weighted by molar-refractivity contribution is -0.142. The van der Waals surface area contributed by atoms with Gasteiger partial charge < -0.3 is 20.5 Å². The zero-order valence-electron chi connectivity index (χ0n) is 11.8. The van der Waals surface area contributed by atoms with Crippen molar-refractivity contribution in [3.05, 3.63) is 27.7 Å². The van der Waals surface area contributed by atoms with Crippen LogP contribution in [0, 0.1) is 19.8 Å². The minimum absolute atomic E-state index is 0.119. The van der Waals surface area contributed by atoms with E-state index in [1.54, 1.807) is 0 Å². The number of rotatable bonds is 3. The number of benzene rings is 1. The van der Waals surface area contributed by atoms with Gasteiger partial charge in [0.25, 0.3) is 0 Å². The van der Waals surface area contributed by atoms with Gasteiger partial charge in [0, 0.05) is 4.47 Å². The van der Waals surface area contributed by atoms with Crippen molar-refractivity contribution in [2.45, 2.75) is 19.9 Å². The SMILES string of the molecule is Cc1cc(C)c(NC(=O)NC2COCC2C(=O)O)c(Br)c1. The summed E-state index contributed by atoms with van der Waals surface area (Å²) in [5.41, 5.74) is 2.68. The maximum Gasteiger partial charge on any atom is 0.319 e. The molecule has 6 nitrogen and oxygen atoms in total. The quantitative estimate of drug-likeness (QED) is 0.775. The topological polar surface area (TPSA) is 87.7 Å². The van der Waals surface area contributed by atoms with E-state index < -0.39 is 24.0 Å².